The minimum Gasteiger partial charge on any atom is -0.481 e. The molecule has 0 saturated heterocycles. The van der Waals surface area contributed by atoms with Gasteiger partial charge in [-0.2, -0.15) is 0 Å². The van der Waals surface area contributed by atoms with E-state index in [9.17, 15) is 24.2 Å². The van der Waals surface area contributed by atoms with Gasteiger partial charge in [0.2, 0.25) is 5.91 Å². The maximum absolute atomic E-state index is 14.0. The average Bonchev–Trinajstić information content (AvgIpc) is 3.03. The Morgan fingerprint density at radius 1 is 1.08 bits per heavy atom. The molecule has 2 aromatic carbocycles. The van der Waals surface area contributed by atoms with Crippen molar-refractivity contribution in [3.05, 3.63) is 82.8 Å². The highest BCUT2D eigenvalue weighted by Gasteiger charge is 2.28. The molecule has 2 heterocycles. The highest BCUT2D eigenvalue weighted by atomic mass is 19.1. The number of carboxylic acid groups (broad SMARTS) is 1. The molecule has 2 atom stereocenters. The van der Waals surface area contributed by atoms with E-state index in [1.165, 1.54) is 25.1 Å². The van der Waals surface area contributed by atoms with Crippen molar-refractivity contribution < 1.29 is 29.3 Å². The molecule has 0 radical (unpaired) electrons. The van der Waals surface area contributed by atoms with Crippen molar-refractivity contribution in [2.24, 2.45) is 0 Å². The lowest BCUT2D eigenvalue weighted by Gasteiger charge is -2.24. The molecule has 1 aliphatic heterocycles. The number of aliphatic carboxylic acids is 1. The first-order chi connectivity index (χ1) is 18.5. The van der Waals surface area contributed by atoms with E-state index in [1.807, 2.05) is 38.1 Å². The molecule has 8 heteroatoms. The highest BCUT2D eigenvalue weighted by molar-refractivity contribution is 5.87. The second-order valence-electron chi connectivity index (χ2n) is 10.2. The first-order valence-corrected chi connectivity index (χ1v) is 13.0. The summed E-state index contributed by atoms with van der Waals surface area (Å²) in [5.41, 5.74) is 6.46. The number of aliphatic hydroxyl groups excluding tert-OH is 2. The van der Waals surface area contributed by atoms with Gasteiger partial charge in [0, 0.05) is 43.1 Å². The Bertz CT molecular complexity index is 1400. The summed E-state index contributed by atoms with van der Waals surface area (Å²) in [5, 5.41) is 29.5. The number of carbonyl (C=O) groups is 2. The molecule has 0 unspecified atom stereocenters. The number of nitrogens with zero attached hydrogens (tertiary/aromatic N) is 2. The van der Waals surface area contributed by atoms with E-state index in [1.54, 1.807) is 23.1 Å². The van der Waals surface area contributed by atoms with Crippen molar-refractivity contribution in [1.29, 1.82) is 0 Å². The van der Waals surface area contributed by atoms with Gasteiger partial charge in [-0.15, -0.1) is 0 Å². The van der Waals surface area contributed by atoms with Crippen molar-refractivity contribution in [2.75, 3.05) is 0 Å². The van der Waals surface area contributed by atoms with Gasteiger partial charge in [-0.3, -0.25) is 14.6 Å². The molecule has 0 saturated carbocycles. The molecule has 39 heavy (non-hydrogen) atoms. The van der Waals surface area contributed by atoms with E-state index >= 15 is 0 Å². The van der Waals surface area contributed by atoms with Crippen LogP contribution in [-0.2, 0) is 22.7 Å². The maximum Gasteiger partial charge on any atom is 0.305 e. The molecule has 0 bridgehead atoms. The lowest BCUT2D eigenvalue weighted by atomic mass is 9.87. The fourth-order valence-corrected chi connectivity index (χ4v) is 5.00. The number of carbonyl (C=O) groups excluding carboxylic acids is 1. The van der Waals surface area contributed by atoms with E-state index in [4.69, 9.17) is 10.1 Å². The number of fused-ring (bicyclic) bond motifs is 3. The van der Waals surface area contributed by atoms with Crippen molar-refractivity contribution in [1.82, 2.24) is 9.88 Å². The first kappa shape index (κ1) is 28.1. The normalized spacial score (nSPS) is 14.6. The molecule has 1 aromatic heterocycles. The Morgan fingerprint density at radius 3 is 2.41 bits per heavy atom. The van der Waals surface area contributed by atoms with Gasteiger partial charge in [-0.05, 0) is 34.7 Å². The zero-order valence-electron chi connectivity index (χ0n) is 22.3. The number of aromatic nitrogens is 1. The van der Waals surface area contributed by atoms with Crippen LogP contribution >= 0.6 is 0 Å². The van der Waals surface area contributed by atoms with E-state index < -0.39 is 24.6 Å². The van der Waals surface area contributed by atoms with Crippen LogP contribution in [0.25, 0.3) is 28.5 Å². The second-order valence-corrected chi connectivity index (χ2v) is 10.2. The van der Waals surface area contributed by atoms with Gasteiger partial charge in [0.1, 0.15) is 5.82 Å². The molecule has 1 amide bonds. The number of rotatable bonds is 8. The lowest BCUT2D eigenvalue weighted by Crippen LogP contribution is -2.27. The number of amides is 1. The summed E-state index contributed by atoms with van der Waals surface area (Å²) in [6, 6.07) is 14.0. The summed E-state index contributed by atoms with van der Waals surface area (Å²) in [6.45, 7) is 6.27. The van der Waals surface area contributed by atoms with Crippen LogP contribution < -0.4 is 0 Å². The molecule has 0 aliphatic carbocycles. The summed E-state index contributed by atoms with van der Waals surface area (Å²) in [5.74, 6) is -1.64. The molecule has 4 rings (SSSR count). The van der Waals surface area contributed by atoms with E-state index in [-0.39, 0.29) is 30.6 Å². The Labute approximate surface area is 227 Å². The van der Waals surface area contributed by atoms with Gasteiger partial charge < -0.3 is 20.2 Å². The van der Waals surface area contributed by atoms with Crippen molar-refractivity contribution in [3.63, 3.8) is 0 Å². The van der Waals surface area contributed by atoms with E-state index in [0.717, 1.165) is 39.2 Å². The summed E-state index contributed by atoms with van der Waals surface area (Å²) < 4.78 is 14.0. The van der Waals surface area contributed by atoms with Crippen molar-refractivity contribution >= 4 is 18.0 Å². The summed E-state index contributed by atoms with van der Waals surface area (Å²) >= 11 is 0. The second kappa shape index (κ2) is 11.9. The summed E-state index contributed by atoms with van der Waals surface area (Å²) in [6.07, 6.45) is 0.330. The molecule has 3 aromatic rings. The largest absolute Gasteiger partial charge is 0.481 e. The Morgan fingerprint density at radius 2 is 1.77 bits per heavy atom. The van der Waals surface area contributed by atoms with Gasteiger partial charge in [0.15, 0.2) is 0 Å². The third-order valence-electron chi connectivity index (χ3n) is 6.88. The highest BCUT2D eigenvalue weighted by Crippen LogP contribution is 2.42. The SMILES string of the molecule is CC(=O)N1Cc2ccccc2-c2nc(C(C)C)c(C=C[C@@H](O)C[C@@H](O)CC(=O)O)c(-c3ccc(F)cc3)c2C1. The number of hydrogen-bond donors (Lipinski definition) is 3. The van der Waals surface area contributed by atoms with Crippen LogP contribution in [0.4, 0.5) is 4.39 Å². The fraction of sp³-hybridized carbons (Fsp3) is 0.323. The predicted octanol–water partition coefficient (Wildman–Crippen LogP) is 5.14. The predicted molar refractivity (Wildman–Crippen MR) is 147 cm³/mol. The fourth-order valence-electron chi connectivity index (χ4n) is 5.00. The standard InChI is InChI=1S/C31H33FN2O5/c1-18(2)30-26(13-12-23(36)14-24(37)15-28(38)39)29(20-8-10-22(32)11-9-20)27-17-34(19(3)35)16-21-6-4-5-7-25(21)31(27)33-30/h4-13,18,23-24,36-37H,14-17H2,1-3H3,(H,38,39)/t23-,24-/m1/s1. The van der Waals surface area contributed by atoms with Crippen LogP contribution in [0.15, 0.2) is 54.6 Å². The number of hydrogen-bond acceptors (Lipinski definition) is 5. The molecular weight excluding hydrogens is 499 g/mol. The van der Waals surface area contributed by atoms with Crippen LogP contribution in [0.2, 0.25) is 0 Å². The minimum atomic E-state index is -1.20. The zero-order chi connectivity index (χ0) is 28.3. The van der Waals surface area contributed by atoms with Crippen molar-refractivity contribution in [2.45, 2.75) is 64.8 Å². The topological polar surface area (TPSA) is 111 Å². The minimum absolute atomic E-state index is 0.0248. The van der Waals surface area contributed by atoms with Gasteiger partial charge >= 0.3 is 5.97 Å². The van der Waals surface area contributed by atoms with E-state index in [0.29, 0.717) is 12.1 Å². The van der Waals surface area contributed by atoms with Crippen LogP contribution in [0.3, 0.4) is 0 Å². The first-order valence-electron chi connectivity index (χ1n) is 13.0. The number of aliphatic hydroxyl groups is 2. The van der Waals surface area contributed by atoms with Gasteiger partial charge in [0.05, 0.1) is 30.0 Å². The number of benzene rings is 2. The molecule has 7 nitrogen and oxygen atoms in total. The summed E-state index contributed by atoms with van der Waals surface area (Å²) in [4.78, 5) is 30.4. The third kappa shape index (κ3) is 6.41. The van der Waals surface area contributed by atoms with Crippen LogP contribution in [0.5, 0.6) is 0 Å². The van der Waals surface area contributed by atoms with Gasteiger partial charge in [-0.1, -0.05) is 62.4 Å². The smallest absolute Gasteiger partial charge is 0.305 e. The van der Waals surface area contributed by atoms with Gasteiger partial charge in [0.25, 0.3) is 0 Å². The third-order valence-corrected chi connectivity index (χ3v) is 6.88. The van der Waals surface area contributed by atoms with Gasteiger partial charge in [-0.25, -0.2) is 4.39 Å². The maximum atomic E-state index is 14.0. The number of carboxylic acids is 1. The number of pyridine rings is 1. The lowest BCUT2D eigenvalue weighted by molar-refractivity contribution is -0.139. The molecule has 3 N–H and O–H groups in total. The molecule has 0 spiro atoms. The molecule has 1 aliphatic rings. The monoisotopic (exact) mass is 532 g/mol. The van der Waals surface area contributed by atoms with Crippen molar-refractivity contribution in [3.8, 4) is 22.4 Å². The Kier molecular flexibility index (Phi) is 8.57. The molecular formula is C31H33FN2O5. The Balaban J connectivity index is 1.96. The summed E-state index contributed by atoms with van der Waals surface area (Å²) in [7, 11) is 0. The van der Waals surface area contributed by atoms with Crippen LogP contribution in [-0.4, -0.2) is 49.3 Å². The van der Waals surface area contributed by atoms with Crippen LogP contribution in [0, 0.1) is 5.82 Å². The number of halogens is 1. The quantitative estimate of drug-likeness (QED) is 0.371. The van der Waals surface area contributed by atoms with Crippen LogP contribution in [0.1, 0.15) is 61.9 Å². The molecule has 0 fully saturated rings. The van der Waals surface area contributed by atoms with E-state index in [2.05, 4.69) is 0 Å². The molecule has 204 valence electrons. The zero-order valence-corrected chi connectivity index (χ0v) is 22.3. The Hall–Kier alpha value is -3.88. The average molecular weight is 533 g/mol.